The lowest BCUT2D eigenvalue weighted by molar-refractivity contribution is -0.151. The lowest BCUT2D eigenvalue weighted by Crippen LogP contribution is -2.55. The molecular formula is C27H38O5S. The maximum Gasteiger partial charge on any atom is 0.306 e. The Morgan fingerprint density at radius 1 is 1.12 bits per heavy atom. The van der Waals surface area contributed by atoms with E-state index in [1.54, 1.807) is 6.92 Å². The summed E-state index contributed by atoms with van der Waals surface area (Å²) >= 11 is 1.45. The molecule has 0 aromatic heterocycles. The Morgan fingerprint density at radius 3 is 2.58 bits per heavy atom. The number of allylic oxidation sites excluding steroid dienone is 1. The van der Waals surface area contributed by atoms with E-state index in [-0.39, 0.29) is 51.3 Å². The molecule has 6 heteroatoms. The minimum atomic E-state index is -0.293. The largest absolute Gasteiger partial charge is 0.458 e. The average Bonchev–Trinajstić information content (AvgIpc) is 3.10. The van der Waals surface area contributed by atoms with E-state index in [9.17, 15) is 19.2 Å². The van der Waals surface area contributed by atoms with Gasteiger partial charge in [-0.1, -0.05) is 38.1 Å². The van der Waals surface area contributed by atoms with Gasteiger partial charge in [0.25, 0.3) is 0 Å². The molecule has 1 unspecified atom stereocenters. The lowest BCUT2D eigenvalue weighted by Gasteiger charge is -2.60. The fourth-order valence-electron chi connectivity index (χ4n) is 7.89. The van der Waals surface area contributed by atoms with Gasteiger partial charge in [-0.3, -0.25) is 19.2 Å². The van der Waals surface area contributed by atoms with Gasteiger partial charge in [0.2, 0.25) is 0 Å². The monoisotopic (exact) mass is 474 g/mol. The molecule has 182 valence electrons. The third-order valence-electron chi connectivity index (χ3n) is 9.50. The first-order valence-electron chi connectivity index (χ1n) is 12.7. The number of ketones is 2. The predicted molar refractivity (Wildman–Crippen MR) is 129 cm³/mol. The second kappa shape index (κ2) is 9.31. The van der Waals surface area contributed by atoms with E-state index in [0.29, 0.717) is 30.6 Å². The molecule has 4 aliphatic carbocycles. The number of carbonyl (C=O) groups is 4. The van der Waals surface area contributed by atoms with Crippen LogP contribution >= 0.6 is 11.8 Å². The number of fused-ring (bicyclic) bond motifs is 5. The fourth-order valence-corrected chi connectivity index (χ4v) is 9.12. The molecule has 3 fully saturated rings. The minimum Gasteiger partial charge on any atom is -0.458 e. The van der Waals surface area contributed by atoms with Gasteiger partial charge in [0, 0.05) is 30.9 Å². The van der Waals surface area contributed by atoms with E-state index in [1.165, 1.54) is 17.3 Å². The number of rotatable bonds is 6. The Hall–Kier alpha value is -1.43. The Balaban J connectivity index is 1.60. The first-order chi connectivity index (χ1) is 15.6. The highest BCUT2D eigenvalue weighted by Gasteiger charge is 2.62. The fraction of sp³-hybridized carbons (Fsp3) is 0.778. The number of esters is 1. The van der Waals surface area contributed by atoms with Crippen molar-refractivity contribution in [2.75, 3.05) is 6.61 Å². The second-order valence-corrected chi connectivity index (χ2v) is 12.7. The van der Waals surface area contributed by atoms with E-state index in [4.69, 9.17) is 4.74 Å². The highest BCUT2D eigenvalue weighted by Crippen LogP contribution is 2.68. The van der Waals surface area contributed by atoms with Gasteiger partial charge in [-0.05, 0) is 79.6 Å². The number of thioether (sulfide) groups is 1. The normalized spacial score (nSPS) is 39.7. The molecule has 0 N–H and O–H groups in total. The molecule has 4 aliphatic rings. The first-order valence-corrected chi connectivity index (χ1v) is 13.6. The summed E-state index contributed by atoms with van der Waals surface area (Å²) in [4.78, 5) is 49.4. The van der Waals surface area contributed by atoms with Crippen LogP contribution in [0.2, 0.25) is 0 Å². The van der Waals surface area contributed by atoms with Crippen molar-refractivity contribution in [3.63, 3.8) is 0 Å². The second-order valence-electron chi connectivity index (χ2n) is 11.2. The van der Waals surface area contributed by atoms with Gasteiger partial charge in [-0.15, -0.1) is 0 Å². The zero-order chi connectivity index (χ0) is 24.0. The maximum absolute atomic E-state index is 13.2. The van der Waals surface area contributed by atoms with Gasteiger partial charge in [0.1, 0.15) is 6.61 Å². The molecule has 0 saturated heterocycles. The number of ether oxygens (including phenoxy) is 1. The van der Waals surface area contributed by atoms with Crippen LogP contribution in [0.3, 0.4) is 0 Å². The van der Waals surface area contributed by atoms with Crippen LogP contribution in [0.15, 0.2) is 11.6 Å². The summed E-state index contributed by atoms with van der Waals surface area (Å²) in [7, 11) is 0. The molecule has 4 rings (SSSR count). The SMILES string of the molecule is CCCC(=O)OCC(=O)[C@H]1CC[C@H]2[C@@H]3C(SC(C)=O)CC4=CC(=O)CC[C@]4(C)[C@H]3CC[C@]12C. The predicted octanol–water partition coefficient (Wildman–Crippen LogP) is 5.31. The molecule has 0 aliphatic heterocycles. The van der Waals surface area contributed by atoms with E-state index in [1.807, 2.05) is 13.0 Å². The summed E-state index contributed by atoms with van der Waals surface area (Å²) in [6.45, 7) is 8.06. The molecule has 0 aromatic rings. The van der Waals surface area contributed by atoms with Crippen LogP contribution in [0.1, 0.15) is 85.5 Å². The Labute approximate surface area is 201 Å². The van der Waals surface area contributed by atoms with Crippen LogP contribution in [0, 0.1) is 34.5 Å². The summed E-state index contributed by atoms with van der Waals surface area (Å²) in [5.74, 6) is 1.09. The molecule has 0 spiro atoms. The molecule has 33 heavy (non-hydrogen) atoms. The molecular weight excluding hydrogens is 436 g/mol. The van der Waals surface area contributed by atoms with Crippen LogP contribution in [0.25, 0.3) is 0 Å². The zero-order valence-electron chi connectivity index (χ0n) is 20.5. The minimum absolute atomic E-state index is 0.0194. The third kappa shape index (κ3) is 4.37. The molecule has 0 amide bonds. The lowest BCUT2D eigenvalue weighted by atomic mass is 9.46. The number of hydrogen-bond acceptors (Lipinski definition) is 6. The highest BCUT2D eigenvalue weighted by atomic mass is 32.2. The van der Waals surface area contributed by atoms with Gasteiger partial charge in [-0.2, -0.15) is 0 Å². The average molecular weight is 475 g/mol. The summed E-state index contributed by atoms with van der Waals surface area (Å²) < 4.78 is 5.28. The van der Waals surface area contributed by atoms with Crippen molar-refractivity contribution in [3.05, 3.63) is 11.6 Å². The molecule has 3 saturated carbocycles. The molecule has 0 radical (unpaired) electrons. The van der Waals surface area contributed by atoms with Crippen molar-refractivity contribution in [2.45, 2.75) is 90.7 Å². The van der Waals surface area contributed by atoms with Gasteiger partial charge in [0.15, 0.2) is 16.7 Å². The molecule has 7 atom stereocenters. The Morgan fingerprint density at radius 2 is 1.88 bits per heavy atom. The van der Waals surface area contributed by atoms with Crippen LogP contribution in [0.5, 0.6) is 0 Å². The highest BCUT2D eigenvalue weighted by molar-refractivity contribution is 8.14. The topological polar surface area (TPSA) is 77.5 Å². The summed E-state index contributed by atoms with van der Waals surface area (Å²) in [5.41, 5.74) is 1.15. The van der Waals surface area contributed by atoms with Crippen LogP contribution in [-0.4, -0.2) is 34.5 Å². The Kier molecular flexibility index (Phi) is 6.97. The summed E-state index contributed by atoms with van der Waals surface area (Å²) in [6.07, 6.45) is 9.08. The zero-order valence-corrected chi connectivity index (χ0v) is 21.3. The van der Waals surface area contributed by atoms with E-state index >= 15 is 0 Å². The van der Waals surface area contributed by atoms with Crippen molar-refractivity contribution in [1.82, 2.24) is 0 Å². The van der Waals surface area contributed by atoms with Crippen molar-refractivity contribution in [1.29, 1.82) is 0 Å². The van der Waals surface area contributed by atoms with Crippen LogP contribution in [-0.2, 0) is 23.9 Å². The number of Topliss-reactive ketones (excluding diaryl/α,β-unsaturated/α-hetero) is 1. The quantitative estimate of drug-likeness (QED) is 0.486. The van der Waals surface area contributed by atoms with Crippen LogP contribution < -0.4 is 0 Å². The smallest absolute Gasteiger partial charge is 0.306 e. The van der Waals surface area contributed by atoms with Crippen molar-refractivity contribution >= 4 is 34.4 Å². The first kappa shape index (κ1) is 24.7. The number of carbonyl (C=O) groups excluding carboxylic acids is 4. The van der Waals surface area contributed by atoms with Crippen LogP contribution in [0.4, 0.5) is 0 Å². The van der Waals surface area contributed by atoms with E-state index in [2.05, 4.69) is 13.8 Å². The summed E-state index contributed by atoms with van der Waals surface area (Å²) in [6, 6.07) is 0. The van der Waals surface area contributed by atoms with Crippen molar-refractivity contribution in [2.24, 2.45) is 34.5 Å². The summed E-state index contributed by atoms with van der Waals surface area (Å²) in [5, 5.41) is 0.296. The van der Waals surface area contributed by atoms with E-state index < -0.39 is 0 Å². The standard InChI is InChI=1S/C27H38O5S/c1-5-6-24(31)32-15-22(30)19-7-8-20-25-21(10-12-27(19,20)4)26(3)11-9-18(29)13-17(26)14-23(25)33-16(2)28/h13,19-21,23,25H,5-12,14-15H2,1-4H3/t19-,20+,21+,23?,25+,26+,27-/m1/s1. The van der Waals surface area contributed by atoms with Gasteiger partial charge in [0.05, 0.1) is 0 Å². The van der Waals surface area contributed by atoms with Crippen molar-refractivity contribution in [3.8, 4) is 0 Å². The maximum atomic E-state index is 13.2. The van der Waals surface area contributed by atoms with E-state index in [0.717, 1.165) is 44.9 Å². The number of hydrogen-bond donors (Lipinski definition) is 0. The van der Waals surface area contributed by atoms with Gasteiger partial charge >= 0.3 is 5.97 Å². The molecule has 0 aromatic carbocycles. The molecule has 5 nitrogen and oxygen atoms in total. The van der Waals surface area contributed by atoms with Crippen molar-refractivity contribution < 1.29 is 23.9 Å². The van der Waals surface area contributed by atoms with Gasteiger partial charge in [-0.25, -0.2) is 0 Å². The molecule has 0 heterocycles. The third-order valence-corrected chi connectivity index (χ3v) is 10.6. The Bertz CT molecular complexity index is 878. The van der Waals surface area contributed by atoms with Gasteiger partial charge < -0.3 is 4.74 Å². The molecule has 0 bridgehead atoms.